The summed E-state index contributed by atoms with van der Waals surface area (Å²) in [7, 11) is 1.73. The second kappa shape index (κ2) is 6.83. The van der Waals surface area contributed by atoms with Gasteiger partial charge >= 0.3 is 0 Å². The zero-order chi connectivity index (χ0) is 14.7. The molecule has 4 atom stereocenters. The van der Waals surface area contributed by atoms with Crippen molar-refractivity contribution in [2.75, 3.05) is 13.7 Å². The Labute approximate surface area is 129 Å². The van der Waals surface area contributed by atoms with E-state index in [1.807, 2.05) is 0 Å². The molecule has 1 aromatic rings. The molecule has 116 valence electrons. The molecule has 0 radical (unpaired) electrons. The summed E-state index contributed by atoms with van der Waals surface area (Å²) in [5.41, 5.74) is 1.44. The molecular weight excluding hydrogens is 258 g/mol. The van der Waals surface area contributed by atoms with Crippen molar-refractivity contribution in [2.45, 2.75) is 51.5 Å². The summed E-state index contributed by atoms with van der Waals surface area (Å²) in [6.07, 6.45) is 8.31. The van der Waals surface area contributed by atoms with E-state index in [0.717, 1.165) is 36.5 Å². The van der Waals surface area contributed by atoms with Gasteiger partial charge in [-0.15, -0.1) is 0 Å². The molecule has 3 rings (SSSR count). The standard InChI is InChI=1S/C19H29NO/c1-3-10-20-19(18-12-15-4-7-16(18)11-15)13-14-5-8-17(21-2)9-6-14/h5-6,8-9,15-16,18-20H,3-4,7,10-13H2,1-2H3. The summed E-state index contributed by atoms with van der Waals surface area (Å²) in [6.45, 7) is 3.41. The summed E-state index contributed by atoms with van der Waals surface area (Å²) in [4.78, 5) is 0. The van der Waals surface area contributed by atoms with Gasteiger partial charge in [0.25, 0.3) is 0 Å². The molecular formula is C19H29NO. The quantitative estimate of drug-likeness (QED) is 0.817. The summed E-state index contributed by atoms with van der Waals surface area (Å²) in [5, 5.41) is 3.84. The van der Waals surface area contributed by atoms with Gasteiger partial charge in [0.1, 0.15) is 5.75 Å². The first-order chi connectivity index (χ1) is 10.3. The van der Waals surface area contributed by atoms with Gasteiger partial charge in [-0.2, -0.15) is 0 Å². The predicted octanol–water partition coefficient (Wildman–Crippen LogP) is 4.04. The van der Waals surface area contributed by atoms with Gasteiger partial charge in [-0.25, -0.2) is 0 Å². The SMILES string of the molecule is CCCNC(Cc1ccc(OC)cc1)C1CC2CCC1C2. The molecule has 2 bridgehead atoms. The molecule has 2 nitrogen and oxygen atoms in total. The summed E-state index contributed by atoms with van der Waals surface area (Å²) < 4.78 is 5.26. The van der Waals surface area contributed by atoms with Crippen molar-refractivity contribution in [3.05, 3.63) is 29.8 Å². The zero-order valence-corrected chi connectivity index (χ0v) is 13.5. The highest BCUT2D eigenvalue weighted by atomic mass is 16.5. The Hall–Kier alpha value is -1.02. The predicted molar refractivity (Wildman–Crippen MR) is 87.7 cm³/mol. The molecule has 0 amide bonds. The van der Waals surface area contributed by atoms with Crippen LogP contribution in [0.1, 0.15) is 44.6 Å². The normalized spacial score (nSPS) is 28.8. The second-order valence-corrected chi connectivity index (χ2v) is 6.95. The highest BCUT2D eigenvalue weighted by Gasteiger charge is 2.42. The lowest BCUT2D eigenvalue weighted by Gasteiger charge is -2.31. The van der Waals surface area contributed by atoms with E-state index >= 15 is 0 Å². The van der Waals surface area contributed by atoms with Gasteiger partial charge in [-0.3, -0.25) is 0 Å². The number of benzene rings is 1. The number of hydrogen-bond donors (Lipinski definition) is 1. The van der Waals surface area contributed by atoms with Crippen molar-refractivity contribution in [3.63, 3.8) is 0 Å². The van der Waals surface area contributed by atoms with E-state index in [2.05, 4.69) is 36.5 Å². The van der Waals surface area contributed by atoms with Gasteiger partial charge in [0.15, 0.2) is 0 Å². The first-order valence-electron chi connectivity index (χ1n) is 8.66. The minimum atomic E-state index is 0.661. The van der Waals surface area contributed by atoms with Crippen LogP contribution in [-0.4, -0.2) is 19.7 Å². The van der Waals surface area contributed by atoms with Crippen molar-refractivity contribution in [3.8, 4) is 5.75 Å². The van der Waals surface area contributed by atoms with E-state index in [9.17, 15) is 0 Å². The Kier molecular flexibility index (Phi) is 4.84. The molecule has 2 fully saturated rings. The Balaban J connectivity index is 1.66. The first kappa shape index (κ1) is 14.9. The van der Waals surface area contributed by atoms with E-state index in [1.165, 1.54) is 37.7 Å². The van der Waals surface area contributed by atoms with Gasteiger partial charge in [0.05, 0.1) is 7.11 Å². The summed E-state index contributed by atoms with van der Waals surface area (Å²) in [6, 6.07) is 9.30. The number of fused-ring (bicyclic) bond motifs is 2. The molecule has 2 aliphatic rings. The van der Waals surface area contributed by atoms with E-state index in [0.29, 0.717) is 6.04 Å². The van der Waals surface area contributed by atoms with Crippen LogP contribution in [0.25, 0.3) is 0 Å². The monoisotopic (exact) mass is 287 g/mol. The largest absolute Gasteiger partial charge is 0.497 e. The molecule has 2 saturated carbocycles. The minimum Gasteiger partial charge on any atom is -0.497 e. The van der Waals surface area contributed by atoms with E-state index in [-0.39, 0.29) is 0 Å². The fraction of sp³-hybridized carbons (Fsp3) is 0.684. The maximum atomic E-state index is 5.26. The lowest BCUT2D eigenvalue weighted by atomic mass is 9.81. The number of nitrogens with one attached hydrogen (secondary N) is 1. The molecule has 1 aromatic carbocycles. The van der Waals surface area contributed by atoms with Crippen molar-refractivity contribution in [1.29, 1.82) is 0 Å². The van der Waals surface area contributed by atoms with Crippen LogP contribution in [0.15, 0.2) is 24.3 Å². The maximum absolute atomic E-state index is 5.26. The fourth-order valence-corrected chi connectivity index (χ4v) is 4.51. The zero-order valence-electron chi connectivity index (χ0n) is 13.5. The van der Waals surface area contributed by atoms with Crippen molar-refractivity contribution >= 4 is 0 Å². The van der Waals surface area contributed by atoms with Crippen molar-refractivity contribution < 1.29 is 4.74 Å². The summed E-state index contributed by atoms with van der Waals surface area (Å²) in [5.74, 6) is 3.87. The Morgan fingerprint density at radius 1 is 1.19 bits per heavy atom. The van der Waals surface area contributed by atoms with E-state index < -0.39 is 0 Å². The molecule has 1 N–H and O–H groups in total. The van der Waals surface area contributed by atoms with Crippen LogP contribution >= 0.6 is 0 Å². The van der Waals surface area contributed by atoms with Crippen LogP contribution in [0.2, 0.25) is 0 Å². The second-order valence-electron chi connectivity index (χ2n) is 6.95. The molecule has 0 aliphatic heterocycles. The fourth-order valence-electron chi connectivity index (χ4n) is 4.51. The Morgan fingerprint density at radius 3 is 2.57 bits per heavy atom. The van der Waals surface area contributed by atoms with Gasteiger partial charge in [0, 0.05) is 6.04 Å². The molecule has 21 heavy (non-hydrogen) atoms. The molecule has 4 unspecified atom stereocenters. The highest BCUT2D eigenvalue weighted by molar-refractivity contribution is 5.27. The van der Waals surface area contributed by atoms with Crippen LogP contribution in [-0.2, 0) is 6.42 Å². The lowest BCUT2D eigenvalue weighted by molar-refractivity contribution is 0.247. The highest BCUT2D eigenvalue weighted by Crippen LogP contribution is 2.49. The maximum Gasteiger partial charge on any atom is 0.118 e. The van der Waals surface area contributed by atoms with E-state index in [1.54, 1.807) is 7.11 Å². The Bertz CT molecular complexity index is 441. The molecule has 0 heterocycles. The van der Waals surface area contributed by atoms with Crippen LogP contribution < -0.4 is 10.1 Å². The third kappa shape index (κ3) is 3.42. The first-order valence-corrected chi connectivity index (χ1v) is 8.66. The average molecular weight is 287 g/mol. The van der Waals surface area contributed by atoms with Gasteiger partial charge in [0.2, 0.25) is 0 Å². The van der Waals surface area contributed by atoms with Crippen LogP contribution in [0.4, 0.5) is 0 Å². The number of methoxy groups -OCH3 is 1. The molecule has 0 aromatic heterocycles. The van der Waals surface area contributed by atoms with Gasteiger partial charge in [-0.1, -0.05) is 25.5 Å². The van der Waals surface area contributed by atoms with Crippen LogP contribution in [0, 0.1) is 17.8 Å². The molecule has 0 spiro atoms. The lowest BCUT2D eigenvalue weighted by Crippen LogP contribution is -2.40. The summed E-state index contributed by atoms with van der Waals surface area (Å²) >= 11 is 0. The minimum absolute atomic E-state index is 0.661. The van der Waals surface area contributed by atoms with Crippen LogP contribution in [0.3, 0.4) is 0 Å². The van der Waals surface area contributed by atoms with Crippen molar-refractivity contribution in [2.24, 2.45) is 17.8 Å². The molecule has 0 saturated heterocycles. The Morgan fingerprint density at radius 2 is 2.00 bits per heavy atom. The third-order valence-corrected chi connectivity index (χ3v) is 5.58. The van der Waals surface area contributed by atoms with Gasteiger partial charge < -0.3 is 10.1 Å². The number of rotatable bonds is 7. The third-order valence-electron chi connectivity index (χ3n) is 5.58. The number of hydrogen-bond acceptors (Lipinski definition) is 2. The van der Waals surface area contributed by atoms with E-state index in [4.69, 9.17) is 4.74 Å². The topological polar surface area (TPSA) is 21.3 Å². The smallest absolute Gasteiger partial charge is 0.118 e. The van der Waals surface area contributed by atoms with Crippen molar-refractivity contribution in [1.82, 2.24) is 5.32 Å². The molecule has 2 aliphatic carbocycles. The average Bonchev–Trinajstić information content (AvgIpc) is 3.15. The molecule has 2 heteroatoms. The number of ether oxygens (including phenoxy) is 1. The van der Waals surface area contributed by atoms with Gasteiger partial charge in [-0.05, 0) is 74.1 Å². The van der Waals surface area contributed by atoms with Crippen LogP contribution in [0.5, 0.6) is 5.75 Å².